The van der Waals surface area contributed by atoms with Crippen LogP contribution >= 0.6 is 11.6 Å². The molecular weight excluding hydrogens is 265 g/mol. The zero-order chi connectivity index (χ0) is 13.8. The largest absolute Gasteiger partial charge is 0.356 e. The molecule has 0 saturated carbocycles. The van der Waals surface area contributed by atoms with E-state index in [1.54, 1.807) is 0 Å². The van der Waals surface area contributed by atoms with Crippen LogP contribution in [0.5, 0.6) is 0 Å². The molecule has 0 aromatic carbocycles. The van der Waals surface area contributed by atoms with Crippen molar-refractivity contribution in [3.63, 3.8) is 0 Å². The summed E-state index contributed by atoms with van der Waals surface area (Å²) in [5.41, 5.74) is 0.785. The third-order valence-corrected chi connectivity index (χ3v) is 3.88. The maximum atomic E-state index is 13.2. The predicted molar refractivity (Wildman–Crippen MR) is 77.2 cm³/mol. The van der Waals surface area contributed by atoms with E-state index in [0.29, 0.717) is 5.88 Å². The van der Waals surface area contributed by atoms with E-state index in [0.717, 1.165) is 49.8 Å². The van der Waals surface area contributed by atoms with Gasteiger partial charge in [0, 0.05) is 25.2 Å². The number of aromatic nitrogens is 1. The van der Waals surface area contributed by atoms with E-state index in [1.165, 1.54) is 12.3 Å². The molecular formula is C14H21ClFN3. The summed E-state index contributed by atoms with van der Waals surface area (Å²) in [5.74, 6) is 1.57. The first-order valence-corrected chi connectivity index (χ1v) is 7.23. The zero-order valence-electron chi connectivity index (χ0n) is 11.6. The van der Waals surface area contributed by atoms with Crippen LogP contribution in [0.3, 0.4) is 0 Å². The summed E-state index contributed by atoms with van der Waals surface area (Å²) in [4.78, 5) is 8.68. The summed E-state index contributed by atoms with van der Waals surface area (Å²) in [6.45, 7) is 3.08. The fraction of sp³-hybridized carbons (Fsp3) is 0.643. The first-order valence-electron chi connectivity index (χ1n) is 6.70. The molecule has 0 atom stereocenters. The van der Waals surface area contributed by atoms with Crippen LogP contribution in [0.4, 0.5) is 10.2 Å². The summed E-state index contributed by atoms with van der Waals surface area (Å²) in [7, 11) is 4.22. The summed E-state index contributed by atoms with van der Waals surface area (Å²) < 4.78 is 13.2. The van der Waals surface area contributed by atoms with E-state index in [4.69, 9.17) is 11.6 Å². The summed E-state index contributed by atoms with van der Waals surface area (Å²) in [5, 5.41) is 0. The van der Waals surface area contributed by atoms with Crippen molar-refractivity contribution in [2.75, 3.05) is 38.6 Å². The van der Waals surface area contributed by atoms with Crippen LogP contribution in [0.15, 0.2) is 12.3 Å². The summed E-state index contributed by atoms with van der Waals surface area (Å²) in [6.07, 6.45) is 3.58. The van der Waals surface area contributed by atoms with Gasteiger partial charge in [0.2, 0.25) is 0 Å². The topological polar surface area (TPSA) is 19.4 Å². The number of alkyl halides is 1. The van der Waals surface area contributed by atoms with E-state index in [1.807, 2.05) is 0 Å². The molecule has 2 rings (SSSR count). The first kappa shape index (κ1) is 14.5. The van der Waals surface area contributed by atoms with E-state index < -0.39 is 0 Å². The molecule has 1 aromatic heterocycles. The van der Waals surface area contributed by atoms with Gasteiger partial charge in [0.1, 0.15) is 11.6 Å². The lowest BCUT2D eigenvalue weighted by Gasteiger charge is -2.34. The lowest BCUT2D eigenvalue weighted by molar-refractivity contribution is 0.284. The van der Waals surface area contributed by atoms with E-state index in [2.05, 4.69) is 28.9 Å². The number of hydrogen-bond donors (Lipinski definition) is 0. The fourth-order valence-corrected chi connectivity index (χ4v) is 2.90. The average molecular weight is 286 g/mol. The van der Waals surface area contributed by atoms with E-state index in [-0.39, 0.29) is 5.82 Å². The van der Waals surface area contributed by atoms with Gasteiger partial charge >= 0.3 is 0 Å². The number of anilines is 1. The highest BCUT2D eigenvalue weighted by Gasteiger charge is 2.22. The number of rotatable bonds is 4. The smallest absolute Gasteiger partial charge is 0.141 e. The van der Waals surface area contributed by atoms with E-state index in [9.17, 15) is 4.39 Å². The maximum Gasteiger partial charge on any atom is 0.141 e. The molecule has 2 heterocycles. The highest BCUT2D eigenvalue weighted by atomic mass is 35.5. The molecule has 0 amide bonds. The molecule has 1 aromatic rings. The van der Waals surface area contributed by atoms with Crippen LogP contribution in [0.2, 0.25) is 0 Å². The molecule has 5 heteroatoms. The first-order chi connectivity index (χ1) is 9.10. The molecule has 0 spiro atoms. The predicted octanol–water partition coefficient (Wildman–Crippen LogP) is 2.74. The Morgan fingerprint density at radius 1 is 1.42 bits per heavy atom. The number of piperidine rings is 1. The van der Waals surface area contributed by atoms with Crippen LogP contribution in [0.1, 0.15) is 18.4 Å². The molecule has 0 bridgehead atoms. The highest BCUT2D eigenvalue weighted by molar-refractivity contribution is 6.17. The molecule has 0 radical (unpaired) electrons. The summed E-state index contributed by atoms with van der Waals surface area (Å²) >= 11 is 5.88. The molecule has 3 nitrogen and oxygen atoms in total. The van der Waals surface area contributed by atoms with Gasteiger partial charge in [-0.15, -0.1) is 11.6 Å². The van der Waals surface area contributed by atoms with Gasteiger partial charge in [-0.25, -0.2) is 9.37 Å². The lowest BCUT2D eigenvalue weighted by Crippen LogP contribution is -2.38. The monoisotopic (exact) mass is 285 g/mol. The molecule has 1 aliphatic heterocycles. The Hall–Kier alpha value is -0.870. The lowest BCUT2D eigenvalue weighted by atomic mass is 9.96. The van der Waals surface area contributed by atoms with Gasteiger partial charge in [0.25, 0.3) is 0 Å². The maximum absolute atomic E-state index is 13.2. The van der Waals surface area contributed by atoms with Gasteiger partial charge in [-0.3, -0.25) is 0 Å². The Kier molecular flexibility index (Phi) is 4.99. The van der Waals surface area contributed by atoms with Crippen LogP contribution in [-0.2, 0) is 5.88 Å². The fourth-order valence-electron chi connectivity index (χ4n) is 2.70. The Labute approximate surface area is 119 Å². The van der Waals surface area contributed by atoms with Gasteiger partial charge in [-0.1, -0.05) is 0 Å². The second kappa shape index (κ2) is 6.53. The van der Waals surface area contributed by atoms with Crippen molar-refractivity contribution in [1.82, 2.24) is 9.88 Å². The molecule has 0 unspecified atom stereocenters. The van der Waals surface area contributed by atoms with Crippen molar-refractivity contribution in [2.45, 2.75) is 18.7 Å². The second-order valence-electron chi connectivity index (χ2n) is 5.46. The van der Waals surface area contributed by atoms with Crippen molar-refractivity contribution >= 4 is 17.4 Å². The van der Waals surface area contributed by atoms with Gasteiger partial charge in [0.05, 0.1) is 12.1 Å². The third-order valence-electron chi connectivity index (χ3n) is 3.59. The second-order valence-corrected chi connectivity index (χ2v) is 5.73. The third kappa shape index (κ3) is 3.80. The minimum atomic E-state index is -0.318. The minimum absolute atomic E-state index is 0.303. The molecule has 106 valence electrons. The van der Waals surface area contributed by atoms with Gasteiger partial charge in [0.15, 0.2) is 0 Å². The van der Waals surface area contributed by atoms with Crippen molar-refractivity contribution in [3.05, 3.63) is 23.6 Å². The number of halogens is 2. The number of nitrogens with zero attached hydrogens (tertiary/aromatic N) is 3. The van der Waals surface area contributed by atoms with Crippen molar-refractivity contribution in [2.24, 2.45) is 5.92 Å². The van der Waals surface area contributed by atoms with Crippen molar-refractivity contribution in [3.8, 4) is 0 Å². The minimum Gasteiger partial charge on any atom is -0.356 e. The quantitative estimate of drug-likeness (QED) is 0.793. The molecule has 19 heavy (non-hydrogen) atoms. The molecule has 1 fully saturated rings. The van der Waals surface area contributed by atoms with Crippen LogP contribution in [0.25, 0.3) is 0 Å². The molecule has 1 aliphatic rings. The average Bonchev–Trinajstić information content (AvgIpc) is 2.39. The van der Waals surface area contributed by atoms with Crippen molar-refractivity contribution in [1.29, 1.82) is 0 Å². The zero-order valence-corrected chi connectivity index (χ0v) is 12.3. The van der Waals surface area contributed by atoms with Crippen LogP contribution in [-0.4, -0.2) is 43.6 Å². The Morgan fingerprint density at radius 2 is 2.11 bits per heavy atom. The summed E-state index contributed by atoms with van der Waals surface area (Å²) in [6, 6.07) is 1.49. The van der Waals surface area contributed by atoms with Crippen molar-refractivity contribution < 1.29 is 4.39 Å². The normalized spacial score (nSPS) is 17.2. The SMILES string of the molecule is CN(C)CC1CCN(c2ncc(F)cc2CCl)CC1. The Balaban J connectivity index is 2.01. The van der Waals surface area contributed by atoms with Crippen LogP contribution in [0, 0.1) is 11.7 Å². The number of pyridine rings is 1. The Bertz CT molecular complexity index is 417. The van der Waals surface area contributed by atoms with Gasteiger partial charge < -0.3 is 9.80 Å². The van der Waals surface area contributed by atoms with Crippen LogP contribution < -0.4 is 4.90 Å². The number of hydrogen-bond acceptors (Lipinski definition) is 3. The molecule has 1 saturated heterocycles. The standard InChI is InChI=1S/C14H21ClFN3/c1-18(2)10-11-3-5-19(6-4-11)14-12(8-15)7-13(16)9-17-14/h7,9,11H,3-6,8,10H2,1-2H3. The highest BCUT2D eigenvalue weighted by Crippen LogP contribution is 2.26. The molecule has 0 N–H and O–H groups in total. The van der Waals surface area contributed by atoms with Gasteiger partial charge in [-0.2, -0.15) is 0 Å². The Morgan fingerprint density at radius 3 is 2.68 bits per heavy atom. The molecule has 0 aliphatic carbocycles. The van der Waals surface area contributed by atoms with Gasteiger partial charge in [-0.05, 0) is 38.9 Å². The van der Waals surface area contributed by atoms with E-state index >= 15 is 0 Å².